The van der Waals surface area contributed by atoms with Crippen LogP contribution in [0.4, 0.5) is 17.1 Å². The fourth-order valence-corrected chi connectivity index (χ4v) is 3.52. The number of ether oxygens (including phenoxy) is 2. The quantitative estimate of drug-likeness (QED) is 0.115. The van der Waals surface area contributed by atoms with E-state index in [0.29, 0.717) is 16.8 Å². The van der Waals surface area contributed by atoms with Crippen LogP contribution in [0.5, 0.6) is 17.2 Å². The van der Waals surface area contributed by atoms with Crippen molar-refractivity contribution in [2.45, 2.75) is 13.3 Å². The van der Waals surface area contributed by atoms with Crippen molar-refractivity contribution in [1.82, 2.24) is 0 Å². The van der Waals surface area contributed by atoms with Crippen LogP contribution in [-0.4, -0.2) is 22.9 Å². The Hall–Kier alpha value is -5.50. The highest BCUT2D eigenvalue weighted by atomic mass is 16.6. The predicted molar refractivity (Wildman–Crippen MR) is 140 cm³/mol. The maximum atomic E-state index is 12.8. The summed E-state index contributed by atoms with van der Waals surface area (Å²) in [5, 5.41) is 35.0. The number of hydrogen-bond donors (Lipinski definition) is 1. The van der Waals surface area contributed by atoms with Crippen LogP contribution in [0.15, 0.2) is 72.8 Å². The smallest absolute Gasteiger partial charge is 0.318 e. The normalized spacial score (nSPS) is 10.7. The molecular weight excluding hydrogens is 492 g/mol. The Balaban J connectivity index is 2.04. The van der Waals surface area contributed by atoms with Crippen molar-refractivity contribution < 1.29 is 24.1 Å². The number of methoxy groups -OCH3 is 1. The Morgan fingerprint density at radius 1 is 1.11 bits per heavy atom. The van der Waals surface area contributed by atoms with Crippen molar-refractivity contribution in [2.75, 3.05) is 12.4 Å². The monoisotopic (exact) mass is 514 g/mol. The minimum Gasteiger partial charge on any atom is -0.493 e. The van der Waals surface area contributed by atoms with Gasteiger partial charge in [-0.25, -0.2) is 0 Å². The third kappa shape index (κ3) is 6.19. The van der Waals surface area contributed by atoms with Crippen molar-refractivity contribution in [2.24, 2.45) is 0 Å². The number of hydrogen-bond acceptors (Lipinski definition) is 8. The zero-order chi connectivity index (χ0) is 27.8. The standard InChI is InChI=1S/C27H22N4O7/c1-4-7-19-12-18(13-20(16-28)27(32)29-22-9-6-5-8-17(22)2)14-25(37-3)26(19)38-24-11-10-21(30(33)34)15-23(24)31(35)36/h4-6,8-15H,1,7H2,2-3H3,(H,29,32)/b20-13+. The molecule has 0 aliphatic heterocycles. The van der Waals surface area contributed by atoms with Crippen LogP contribution in [0, 0.1) is 38.5 Å². The average molecular weight is 514 g/mol. The molecule has 0 heterocycles. The zero-order valence-electron chi connectivity index (χ0n) is 20.5. The summed E-state index contributed by atoms with van der Waals surface area (Å²) >= 11 is 0. The molecule has 0 atom stereocenters. The molecule has 3 aromatic carbocycles. The van der Waals surface area contributed by atoms with Gasteiger partial charge in [-0.1, -0.05) is 24.3 Å². The van der Waals surface area contributed by atoms with Gasteiger partial charge >= 0.3 is 5.69 Å². The fourth-order valence-electron chi connectivity index (χ4n) is 3.52. The Labute approximate surface area is 217 Å². The van der Waals surface area contributed by atoms with Crippen molar-refractivity contribution in [3.05, 3.63) is 110 Å². The summed E-state index contributed by atoms with van der Waals surface area (Å²) in [5.41, 5.74) is 1.08. The number of amides is 1. The number of allylic oxidation sites excluding steroid dienone is 1. The number of nitro benzene ring substituents is 2. The molecular formula is C27H22N4O7. The number of carbonyl (C=O) groups is 1. The molecule has 11 nitrogen and oxygen atoms in total. The molecule has 0 saturated carbocycles. The first-order valence-corrected chi connectivity index (χ1v) is 11.1. The van der Waals surface area contributed by atoms with Gasteiger partial charge in [0.2, 0.25) is 5.75 Å². The molecule has 1 amide bonds. The van der Waals surface area contributed by atoms with Crippen molar-refractivity contribution in [3.8, 4) is 23.3 Å². The Morgan fingerprint density at radius 3 is 2.45 bits per heavy atom. The Morgan fingerprint density at radius 2 is 1.84 bits per heavy atom. The highest BCUT2D eigenvalue weighted by Gasteiger charge is 2.24. The van der Waals surface area contributed by atoms with Crippen LogP contribution >= 0.6 is 0 Å². The van der Waals surface area contributed by atoms with Gasteiger partial charge in [0.1, 0.15) is 11.6 Å². The van der Waals surface area contributed by atoms with Gasteiger partial charge in [-0.05, 0) is 54.8 Å². The third-order valence-corrected chi connectivity index (χ3v) is 5.37. The molecule has 3 rings (SSSR count). The Bertz CT molecular complexity index is 1510. The number of carbonyl (C=O) groups excluding carboxylic acids is 1. The molecule has 11 heteroatoms. The lowest BCUT2D eigenvalue weighted by Crippen LogP contribution is -2.14. The average Bonchev–Trinajstić information content (AvgIpc) is 2.89. The summed E-state index contributed by atoms with van der Waals surface area (Å²) in [4.78, 5) is 33.8. The second-order valence-corrected chi connectivity index (χ2v) is 7.91. The lowest BCUT2D eigenvalue weighted by molar-refractivity contribution is -0.394. The topological polar surface area (TPSA) is 158 Å². The molecule has 0 aliphatic rings. The molecule has 0 radical (unpaired) electrons. The number of nitrogens with zero attached hydrogens (tertiary/aromatic N) is 3. The number of benzene rings is 3. The van der Waals surface area contributed by atoms with Gasteiger partial charge in [0, 0.05) is 17.3 Å². The number of rotatable bonds is 10. The number of non-ortho nitro benzene ring substituents is 1. The van der Waals surface area contributed by atoms with Crippen molar-refractivity contribution >= 4 is 29.0 Å². The minimum atomic E-state index is -0.786. The first kappa shape index (κ1) is 27.1. The molecule has 0 unspecified atom stereocenters. The van der Waals surface area contributed by atoms with E-state index in [1.807, 2.05) is 25.1 Å². The number of nitrogens with one attached hydrogen (secondary N) is 1. The van der Waals surface area contributed by atoms with Gasteiger partial charge in [0.15, 0.2) is 11.5 Å². The molecule has 0 aromatic heterocycles. The predicted octanol–water partition coefficient (Wildman–Crippen LogP) is 5.89. The van der Waals surface area contributed by atoms with Gasteiger partial charge in [-0.3, -0.25) is 25.0 Å². The largest absolute Gasteiger partial charge is 0.493 e. The van der Waals surface area contributed by atoms with Gasteiger partial charge < -0.3 is 14.8 Å². The van der Waals surface area contributed by atoms with E-state index in [-0.39, 0.29) is 29.2 Å². The van der Waals surface area contributed by atoms with E-state index in [2.05, 4.69) is 11.9 Å². The van der Waals surface area contributed by atoms with Crippen LogP contribution in [0.25, 0.3) is 6.08 Å². The molecule has 192 valence electrons. The van der Waals surface area contributed by atoms with Gasteiger partial charge in [0.05, 0.1) is 23.0 Å². The summed E-state index contributed by atoms with van der Waals surface area (Å²) < 4.78 is 11.3. The molecule has 38 heavy (non-hydrogen) atoms. The zero-order valence-corrected chi connectivity index (χ0v) is 20.5. The summed E-state index contributed by atoms with van der Waals surface area (Å²) in [6.45, 7) is 5.54. The SMILES string of the molecule is C=CCc1cc(/C=C(\C#N)C(=O)Nc2ccccc2C)cc(OC)c1Oc1ccc([N+](=O)[O-])cc1[N+](=O)[O-]. The van der Waals surface area contributed by atoms with Crippen LogP contribution < -0.4 is 14.8 Å². The third-order valence-electron chi connectivity index (χ3n) is 5.37. The molecule has 0 bridgehead atoms. The summed E-state index contributed by atoms with van der Waals surface area (Å²) in [6, 6.07) is 15.2. The van der Waals surface area contributed by atoms with Crippen LogP contribution in [0.1, 0.15) is 16.7 Å². The lowest BCUT2D eigenvalue weighted by atomic mass is 10.0. The van der Waals surface area contributed by atoms with Crippen molar-refractivity contribution in [3.63, 3.8) is 0 Å². The fraction of sp³-hybridized carbons (Fsp3) is 0.111. The molecule has 0 fully saturated rings. The second kappa shape index (κ2) is 12.0. The van der Waals surface area contributed by atoms with E-state index in [1.165, 1.54) is 19.3 Å². The number of nitro groups is 2. The number of nitriles is 1. The van der Waals surface area contributed by atoms with E-state index >= 15 is 0 Å². The summed E-state index contributed by atoms with van der Waals surface area (Å²) in [5.74, 6) is -0.570. The van der Waals surface area contributed by atoms with Gasteiger partial charge in [-0.15, -0.1) is 6.58 Å². The maximum Gasteiger partial charge on any atom is 0.318 e. The van der Waals surface area contributed by atoms with Crippen LogP contribution in [0.2, 0.25) is 0 Å². The number of aryl methyl sites for hydroxylation is 1. The van der Waals surface area contributed by atoms with Gasteiger partial charge in [-0.2, -0.15) is 5.26 Å². The van der Waals surface area contributed by atoms with Crippen molar-refractivity contribution in [1.29, 1.82) is 5.26 Å². The van der Waals surface area contributed by atoms with E-state index in [4.69, 9.17) is 9.47 Å². The van der Waals surface area contributed by atoms with E-state index in [1.54, 1.807) is 24.3 Å². The molecule has 1 N–H and O–H groups in total. The first-order valence-electron chi connectivity index (χ1n) is 11.1. The lowest BCUT2D eigenvalue weighted by Gasteiger charge is -2.16. The Kier molecular flexibility index (Phi) is 8.53. The second-order valence-electron chi connectivity index (χ2n) is 7.91. The van der Waals surface area contributed by atoms with E-state index in [0.717, 1.165) is 23.8 Å². The van der Waals surface area contributed by atoms with E-state index < -0.39 is 27.1 Å². The molecule has 0 spiro atoms. The molecule has 0 saturated heterocycles. The minimum absolute atomic E-state index is 0.115. The first-order chi connectivity index (χ1) is 18.2. The van der Waals surface area contributed by atoms with Crippen LogP contribution in [0.3, 0.4) is 0 Å². The summed E-state index contributed by atoms with van der Waals surface area (Å²) in [6.07, 6.45) is 3.18. The van der Waals surface area contributed by atoms with Gasteiger partial charge in [0.25, 0.3) is 11.6 Å². The van der Waals surface area contributed by atoms with Crippen LogP contribution in [-0.2, 0) is 11.2 Å². The van der Waals surface area contributed by atoms with E-state index in [9.17, 15) is 30.3 Å². The highest BCUT2D eigenvalue weighted by Crippen LogP contribution is 2.41. The molecule has 0 aliphatic carbocycles. The maximum absolute atomic E-state index is 12.8. The summed E-state index contributed by atoms with van der Waals surface area (Å²) in [7, 11) is 1.35. The number of anilines is 1. The number of para-hydroxylation sites is 1. The molecule has 3 aromatic rings. The highest BCUT2D eigenvalue weighted by molar-refractivity contribution is 6.10.